The van der Waals surface area contributed by atoms with Gasteiger partial charge in [-0.15, -0.1) is 0 Å². The fourth-order valence-corrected chi connectivity index (χ4v) is 4.55. The number of carbonyl (C=O) groups is 1. The highest BCUT2D eigenvalue weighted by Gasteiger charge is 2.18. The highest BCUT2D eigenvalue weighted by Crippen LogP contribution is 2.28. The van der Waals surface area contributed by atoms with Crippen molar-refractivity contribution in [3.8, 4) is 5.75 Å². The zero-order valence-electron chi connectivity index (χ0n) is 20.6. The Morgan fingerprint density at radius 3 is 2.56 bits per heavy atom. The minimum Gasteiger partial charge on any atom is -0.497 e. The number of carbonyl (C=O) groups excluding carboxylic acids is 1. The average molecular weight is 481 g/mol. The van der Waals surface area contributed by atoms with Crippen molar-refractivity contribution in [2.75, 3.05) is 7.11 Å². The maximum atomic E-state index is 13.6. The van der Waals surface area contributed by atoms with Crippen LogP contribution in [0.3, 0.4) is 0 Å². The standard InChI is InChI=1S/C29H28N4O3/c1-19-8-9-20(2)22(14-19)17-32-26-7-5-4-6-24(26)25-16-31-33(29(35)28(25)32)18-27(34)30-15-21-10-12-23(36-3)13-11-21/h4-14,16H,15,17-18H2,1-3H3,(H,30,34). The molecule has 0 radical (unpaired) electrons. The number of rotatable bonds is 7. The lowest BCUT2D eigenvalue weighted by molar-refractivity contribution is -0.122. The highest BCUT2D eigenvalue weighted by atomic mass is 16.5. The Labute approximate surface area is 208 Å². The van der Waals surface area contributed by atoms with Crippen LogP contribution in [0, 0.1) is 13.8 Å². The minimum atomic E-state index is -0.284. The first-order chi connectivity index (χ1) is 17.4. The summed E-state index contributed by atoms with van der Waals surface area (Å²) in [4.78, 5) is 26.3. The third-order valence-electron chi connectivity index (χ3n) is 6.55. The van der Waals surface area contributed by atoms with Gasteiger partial charge in [-0.1, -0.05) is 54.1 Å². The van der Waals surface area contributed by atoms with E-state index in [9.17, 15) is 9.59 Å². The van der Waals surface area contributed by atoms with Gasteiger partial charge in [0, 0.05) is 29.4 Å². The van der Waals surface area contributed by atoms with Crippen molar-refractivity contribution in [3.63, 3.8) is 0 Å². The van der Waals surface area contributed by atoms with Crippen molar-refractivity contribution in [1.82, 2.24) is 19.7 Å². The molecule has 1 N–H and O–H groups in total. The lowest BCUT2D eigenvalue weighted by Crippen LogP contribution is -2.33. The molecule has 182 valence electrons. The average Bonchev–Trinajstić information content (AvgIpc) is 3.21. The molecule has 2 heterocycles. The number of amides is 1. The Morgan fingerprint density at radius 1 is 1.00 bits per heavy atom. The molecule has 0 spiro atoms. The number of nitrogens with zero attached hydrogens (tertiary/aromatic N) is 3. The van der Waals surface area contributed by atoms with Gasteiger partial charge in [0.15, 0.2) is 0 Å². The van der Waals surface area contributed by atoms with E-state index >= 15 is 0 Å². The van der Waals surface area contributed by atoms with E-state index in [-0.39, 0.29) is 18.0 Å². The van der Waals surface area contributed by atoms with Crippen LogP contribution in [0.25, 0.3) is 21.8 Å². The van der Waals surface area contributed by atoms with E-state index in [1.807, 2.05) is 53.1 Å². The Bertz CT molecular complexity index is 1630. The number of benzene rings is 3. The fourth-order valence-electron chi connectivity index (χ4n) is 4.55. The molecule has 0 aliphatic heterocycles. The summed E-state index contributed by atoms with van der Waals surface area (Å²) in [5, 5.41) is 8.97. The van der Waals surface area contributed by atoms with Gasteiger partial charge in [0.05, 0.1) is 13.3 Å². The zero-order chi connectivity index (χ0) is 25.2. The van der Waals surface area contributed by atoms with Crippen molar-refractivity contribution in [3.05, 3.63) is 106 Å². The molecule has 3 aromatic carbocycles. The highest BCUT2D eigenvalue weighted by molar-refractivity contribution is 6.07. The fraction of sp³-hybridized carbons (Fsp3) is 0.207. The first kappa shape index (κ1) is 23.4. The van der Waals surface area contributed by atoms with Gasteiger partial charge in [-0.25, -0.2) is 4.68 Å². The number of aromatic nitrogens is 3. The van der Waals surface area contributed by atoms with Gasteiger partial charge >= 0.3 is 0 Å². The van der Waals surface area contributed by atoms with Crippen LogP contribution < -0.4 is 15.6 Å². The predicted octanol–water partition coefficient (Wildman–Crippen LogP) is 4.34. The third-order valence-corrected chi connectivity index (χ3v) is 6.55. The summed E-state index contributed by atoms with van der Waals surface area (Å²) in [5.41, 5.74) is 5.66. The van der Waals surface area contributed by atoms with Crippen molar-refractivity contribution in [2.45, 2.75) is 33.5 Å². The molecule has 5 rings (SSSR count). The van der Waals surface area contributed by atoms with E-state index in [2.05, 4.69) is 42.5 Å². The smallest absolute Gasteiger partial charge is 0.291 e. The molecule has 0 aliphatic rings. The SMILES string of the molecule is COc1ccc(CNC(=O)Cn2ncc3c4ccccc4n(Cc4cc(C)ccc4C)c3c2=O)cc1. The number of fused-ring (bicyclic) bond motifs is 3. The molecule has 0 unspecified atom stereocenters. The van der Waals surface area contributed by atoms with E-state index in [0.29, 0.717) is 18.6 Å². The van der Waals surface area contributed by atoms with E-state index < -0.39 is 0 Å². The van der Waals surface area contributed by atoms with Crippen LogP contribution in [0.15, 0.2) is 77.7 Å². The lowest BCUT2D eigenvalue weighted by Gasteiger charge is -2.12. The molecule has 7 nitrogen and oxygen atoms in total. The molecule has 5 aromatic rings. The Balaban J connectivity index is 1.47. The number of aryl methyl sites for hydroxylation is 2. The number of hydrogen-bond acceptors (Lipinski definition) is 4. The van der Waals surface area contributed by atoms with E-state index in [0.717, 1.165) is 33.2 Å². The number of methoxy groups -OCH3 is 1. The molecule has 1 amide bonds. The van der Waals surface area contributed by atoms with Gasteiger partial charge in [0.25, 0.3) is 5.56 Å². The second-order valence-electron chi connectivity index (χ2n) is 9.03. The molecule has 36 heavy (non-hydrogen) atoms. The summed E-state index contributed by atoms with van der Waals surface area (Å²) in [6.45, 7) is 4.90. The summed E-state index contributed by atoms with van der Waals surface area (Å²) in [6.07, 6.45) is 1.69. The maximum Gasteiger partial charge on any atom is 0.291 e. The second kappa shape index (κ2) is 9.70. The molecular weight excluding hydrogens is 452 g/mol. The first-order valence-electron chi connectivity index (χ1n) is 11.9. The van der Waals surface area contributed by atoms with Gasteiger partial charge in [-0.3, -0.25) is 9.59 Å². The largest absolute Gasteiger partial charge is 0.497 e. The Hall–Kier alpha value is -4.39. The van der Waals surface area contributed by atoms with Crippen LogP contribution in [0.1, 0.15) is 22.3 Å². The summed E-state index contributed by atoms with van der Waals surface area (Å²) in [6, 6.07) is 21.8. The number of ether oxygens (including phenoxy) is 1. The molecule has 0 aliphatic carbocycles. The molecule has 0 saturated heterocycles. The van der Waals surface area contributed by atoms with Crippen LogP contribution in [-0.4, -0.2) is 27.4 Å². The molecule has 2 aromatic heterocycles. The van der Waals surface area contributed by atoms with Gasteiger partial charge in [-0.05, 0) is 48.7 Å². The van der Waals surface area contributed by atoms with Crippen LogP contribution in [0.5, 0.6) is 5.75 Å². The molecule has 0 fully saturated rings. The second-order valence-corrected chi connectivity index (χ2v) is 9.03. The number of nitrogens with one attached hydrogen (secondary N) is 1. The first-order valence-corrected chi connectivity index (χ1v) is 11.9. The Kier molecular flexibility index (Phi) is 6.29. The molecule has 0 atom stereocenters. The summed E-state index contributed by atoms with van der Waals surface area (Å²) in [5.74, 6) is 0.474. The predicted molar refractivity (Wildman–Crippen MR) is 141 cm³/mol. The monoisotopic (exact) mass is 480 g/mol. The van der Waals surface area contributed by atoms with Crippen molar-refractivity contribution < 1.29 is 9.53 Å². The molecule has 7 heteroatoms. The van der Waals surface area contributed by atoms with Gasteiger partial charge in [0.1, 0.15) is 17.8 Å². The van der Waals surface area contributed by atoms with Crippen LogP contribution >= 0.6 is 0 Å². The topological polar surface area (TPSA) is 78.2 Å². The summed E-state index contributed by atoms with van der Waals surface area (Å²) in [7, 11) is 1.61. The normalized spacial score (nSPS) is 11.2. The van der Waals surface area contributed by atoms with Crippen molar-refractivity contribution in [1.29, 1.82) is 0 Å². The number of para-hydroxylation sites is 1. The zero-order valence-corrected chi connectivity index (χ0v) is 20.6. The quantitative estimate of drug-likeness (QED) is 0.376. The van der Waals surface area contributed by atoms with Crippen molar-refractivity contribution >= 4 is 27.7 Å². The molecule has 0 saturated carbocycles. The van der Waals surface area contributed by atoms with Crippen molar-refractivity contribution in [2.24, 2.45) is 0 Å². The van der Waals surface area contributed by atoms with Crippen LogP contribution in [0.4, 0.5) is 0 Å². The lowest BCUT2D eigenvalue weighted by atomic mass is 10.1. The van der Waals surface area contributed by atoms with Crippen LogP contribution in [-0.2, 0) is 24.4 Å². The van der Waals surface area contributed by atoms with Gasteiger partial charge in [-0.2, -0.15) is 5.10 Å². The summed E-state index contributed by atoms with van der Waals surface area (Å²) >= 11 is 0. The third kappa shape index (κ3) is 4.47. The minimum absolute atomic E-state index is 0.157. The van der Waals surface area contributed by atoms with E-state index in [1.165, 1.54) is 15.8 Å². The van der Waals surface area contributed by atoms with Gasteiger partial charge in [0.2, 0.25) is 5.91 Å². The van der Waals surface area contributed by atoms with Gasteiger partial charge < -0.3 is 14.6 Å². The number of hydrogen-bond donors (Lipinski definition) is 1. The van der Waals surface area contributed by atoms with E-state index in [1.54, 1.807) is 13.3 Å². The summed E-state index contributed by atoms with van der Waals surface area (Å²) < 4.78 is 8.45. The Morgan fingerprint density at radius 2 is 1.78 bits per heavy atom. The molecular formula is C29H28N4O3. The molecule has 0 bridgehead atoms. The maximum absolute atomic E-state index is 13.6. The van der Waals surface area contributed by atoms with Crippen LogP contribution in [0.2, 0.25) is 0 Å². The van der Waals surface area contributed by atoms with E-state index in [4.69, 9.17) is 4.74 Å².